The molecule has 0 radical (unpaired) electrons. The van der Waals surface area contributed by atoms with E-state index in [1.54, 1.807) is 0 Å². The van der Waals surface area contributed by atoms with Crippen molar-refractivity contribution in [3.05, 3.63) is 46.5 Å². The zero-order chi connectivity index (χ0) is 12.3. The highest BCUT2D eigenvalue weighted by atomic mass is 35.5. The van der Waals surface area contributed by atoms with E-state index in [-0.39, 0.29) is 0 Å². The zero-order valence-corrected chi connectivity index (χ0v) is 10.5. The molecule has 1 aromatic heterocycles. The topological polar surface area (TPSA) is 56.7 Å². The predicted molar refractivity (Wildman–Crippen MR) is 68.0 cm³/mol. The molecule has 17 heavy (non-hydrogen) atoms. The largest absolute Gasteiger partial charge is 0.330 e. The van der Waals surface area contributed by atoms with Gasteiger partial charge in [-0.3, -0.25) is 0 Å². The first-order valence-corrected chi connectivity index (χ1v) is 5.90. The van der Waals surface area contributed by atoms with E-state index in [1.807, 2.05) is 35.9 Å². The van der Waals surface area contributed by atoms with E-state index in [0.29, 0.717) is 6.54 Å². The summed E-state index contributed by atoms with van der Waals surface area (Å²) in [5.41, 5.74) is 6.68. The molecule has 0 fully saturated rings. The summed E-state index contributed by atoms with van der Waals surface area (Å²) in [6.45, 7) is 0.590. The van der Waals surface area contributed by atoms with Crippen LogP contribution in [0.4, 0.5) is 0 Å². The molecule has 0 saturated heterocycles. The molecule has 0 aliphatic rings. The van der Waals surface area contributed by atoms with E-state index in [0.717, 1.165) is 29.5 Å². The third-order valence-electron chi connectivity index (χ3n) is 2.70. The van der Waals surface area contributed by atoms with E-state index >= 15 is 0 Å². The Bertz CT molecular complexity index is 490. The molecule has 4 nitrogen and oxygen atoms in total. The summed E-state index contributed by atoms with van der Waals surface area (Å²) < 4.78 is 2.00. The molecule has 0 amide bonds. The Hall–Kier alpha value is -1.39. The second-order valence-corrected chi connectivity index (χ2v) is 4.37. The Kier molecular flexibility index (Phi) is 3.76. The first-order valence-electron chi connectivity index (χ1n) is 5.52. The minimum absolute atomic E-state index is 0.590. The molecular formula is C12H15ClN4. The van der Waals surface area contributed by atoms with Gasteiger partial charge in [-0.2, -0.15) is 0 Å². The van der Waals surface area contributed by atoms with Crippen LogP contribution >= 0.6 is 11.6 Å². The van der Waals surface area contributed by atoms with Crippen molar-refractivity contribution in [2.24, 2.45) is 12.8 Å². The van der Waals surface area contributed by atoms with Gasteiger partial charge in [0.2, 0.25) is 0 Å². The number of rotatable bonds is 4. The van der Waals surface area contributed by atoms with E-state index < -0.39 is 0 Å². The molecule has 5 heteroatoms. The van der Waals surface area contributed by atoms with Crippen molar-refractivity contribution in [3.8, 4) is 0 Å². The highest BCUT2D eigenvalue weighted by Gasteiger charge is 2.08. The lowest BCUT2D eigenvalue weighted by molar-refractivity contribution is 0.748. The molecule has 2 N–H and O–H groups in total. The lowest BCUT2D eigenvalue weighted by atomic mass is 10.1. The average molecular weight is 251 g/mol. The van der Waals surface area contributed by atoms with Crippen molar-refractivity contribution < 1.29 is 0 Å². The van der Waals surface area contributed by atoms with Gasteiger partial charge in [-0.15, -0.1) is 10.2 Å². The second-order valence-electron chi connectivity index (χ2n) is 3.93. The summed E-state index contributed by atoms with van der Waals surface area (Å²) in [6, 6.07) is 7.77. The molecule has 0 spiro atoms. The van der Waals surface area contributed by atoms with Crippen molar-refractivity contribution in [1.29, 1.82) is 0 Å². The molecule has 0 bridgehead atoms. The maximum Gasteiger partial charge on any atom is 0.137 e. The highest BCUT2D eigenvalue weighted by molar-refractivity contribution is 6.30. The fourth-order valence-electron chi connectivity index (χ4n) is 1.68. The number of nitrogens with two attached hydrogens (primary N) is 1. The van der Waals surface area contributed by atoms with Gasteiger partial charge in [0.1, 0.15) is 11.6 Å². The van der Waals surface area contributed by atoms with Crippen LogP contribution in [0.15, 0.2) is 24.3 Å². The Balaban J connectivity index is 2.16. The molecule has 1 heterocycles. The van der Waals surface area contributed by atoms with Gasteiger partial charge in [-0.25, -0.2) is 0 Å². The van der Waals surface area contributed by atoms with Crippen LogP contribution in [0, 0.1) is 0 Å². The standard InChI is InChI=1S/C12H15ClN4/c1-17-11(6-7-14)15-16-12(17)8-9-2-4-10(13)5-3-9/h2-5H,6-8,14H2,1H3. The summed E-state index contributed by atoms with van der Waals surface area (Å²) in [4.78, 5) is 0. The maximum absolute atomic E-state index is 5.84. The number of benzene rings is 1. The molecule has 90 valence electrons. The molecule has 0 atom stereocenters. The minimum atomic E-state index is 0.590. The number of hydrogen-bond donors (Lipinski definition) is 1. The Morgan fingerprint density at radius 2 is 1.82 bits per heavy atom. The van der Waals surface area contributed by atoms with Crippen LogP contribution in [0.5, 0.6) is 0 Å². The molecule has 2 rings (SSSR count). The molecule has 0 aliphatic carbocycles. The van der Waals surface area contributed by atoms with Crippen LogP contribution in [0.3, 0.4) is 0 Å². The van der Waals surface area contributed by atoms with Gasteiger partial charge in [0.25, 0.3) is 0 Å². The van der Waals surface area contributed by atoms with Gasteiger partial charge in [-0.1, -0.05) is 23.7 Å². The molecule has 2 aromatic rings. The van der Waals surface area contributed by atoms with Crippen LogP contribution in [-0.2, 0) is 19.9 Å². The normalized spacial score (nSPS) is 10.8. The van der Waals surface area contributed by atoms with Crippen molar-refractivity contribution in [1.82, 2.24) is 14.8 Å². The molecule has 1 aromatic carbocycles. The van der Waals surface area contributed by atoms with Gasteiger partial charge >= 0.3 is 0 Å². The fraction of sp³-hybridized carbons (Fsp3) is 0.333. The molecule has 0 aliphatic heterocycles. The fourth-order valence-corrected chi connectivity index (χ4v) is 1.81. The van der Waals surface area contributed by atoms with Crippen LogP contribution in [0.2, 0.25) is 5.02 Å². The van der Waals surface area contributed by atoms with Crippen molar-refractivity contribution in [3.63, 3.8) is 0 Å². The number of halogens is 1. The average Bonchev–Trinajstić information content (AvgIpc) is 2.65. The van der Waals surface area contributed by atoms with E-state index in [1.165, 1.54) is 5.56 Å². The summed E-state index contributed by atoms with van der Waals surface area (Å²) in [6.07, 6.45) is 1.51. The predicted octanol–water partition coefficient (Wildman–Crippen LogP) is 1.56. The smallest absolute Gasteiger partial charge is 0.137 e. The number of hydrogen-bond acceptors (Lipinski definition) is 3. The monoisotopic (exact) mass is 250 g/mol. The maximum atomic E-state index is 5.84. The SMILES string of the molecule is Cn1c(CCN)nnc1Cc1ccc(Cl)cc1. The quantitative estimate of drug-likeness (QED) is 0.896. The van der Waals surface area contributed by atoms with Crippen LogP contribution in [-0.4, -0.2) is 21.3 Å². The summed E-state index contributed by atoms with van der Waals surface area (Å²) in [5, 5.41) is 9.05. The van der Waals surface area contributed by atoms with E-state index in [9.17, 15) is 0 Å². The zero-order valence-electron chi connectivity index (χ0n) is 9.73. The Morgan fingerprint density at radius 3 is 2.47 bits per heavy atom. The molecule has 0 unspecified atom stereocenters. The first-order chi connectivity index (χ1) is 8.20. The van der Waals surface area contributed by atoms with Gasteiger partial charge < -0.3 is 10.3 Å². The number of nitrogens with zero attached hydrogens (tertiary/aromatic N) is 3. The van der Waals surface area contributed by atoms with Gasteiger partial charge in [-0.05, 0) is 24.2 Å². The first kappa shape index (κ1) is 12.1. The third kappa shape index (κ3) is 2.84. The van der Waals surface area contributed by atoms with Crippen LogP contribution in [0.1, 0.15) is 17.2 Å². The van der Waals surface area contributed by atoms with Crippen LogP contribution < -0.4 is 5.73 Å². The lowest BCUT2D eigenvalue weighted by Gasteiger charge is -2.03. The Morgan fingerprint density at radius 1 is 1.18 bits per heavy atom. The number of aromatic nitrogens is 3. The molecular weight excluding hydrogens is 236 g/mol. The highest BCUT2D eigenvalue weighted by Crippen LogP contribution is 2.12. The van der Waals surface area contributed by atoms with Gasteiger partial charge in [0, 0.05) is 24.9 Å². The van der Waals surface area contributed by atoms with Crippen molar-refractivity contribution in [2.45, 2.75) is 12.8 Å². The van der Waals surface area contributed by atoms with E-state index in [2.05, 4.69) is 10.2 Å². The second kappa shape index (κ2) is 5.29. The Labute approximate surface area is 105 Å². The van der Waals surface area contributed by atoms with Gasteiger partial charge in [0.05, 0.1) is 0 Å². The summed E-state index contributed by atoms with van der Waals surface area (Å²) in [7, 11) is 1.97. The third-order valence-corrected chi connectivity index (χ3v) is 2.95. The van der Waals surface area contributed by atoms with Crippen LogP contribution in [0.25, 0.3) is 0 Å². The summed E-state index contributed by atoms with van der Waals surface area (Å²) in [5.74, 6) is 1.87. The lowest BCUT2D eigenvalue weighted by Crippen LogP contribution is -2.09. The van der Waals surface area contributed by atoms with Crippen molar-refractivity contribution >= 4 is 11.6 Å². The summed E-state index contributed by atoms with van der Waals surface area (Å²) >= 11 is 5.84. The molecule has 0 saturated carbocycles. The minimum Gasteiger partial charge on any atom is -0.330 e. The van der Waals surface area contributed by atoms with E-state index in [4.69, 9.17) is 17.3 Å². The van der Waals surface area contributed by atoms with Crippen molar-refractivity contribution in [2.75, 3.05) is 6.54 Å². The van der Waals surface area contributed by atoms with Gasteiger partial charge in [0.15, 0.2) is 0 Å².